The van der Waals surface area contributed by atoms with E-state index < -0.39 is 0 Å². The van der Waals surface area contributed by atoms with Crippen molar-refractivity contribution in [2.45, 2.75) is 171 Å². The van der Waals surface area contributed by atoms with E-state index in [-0.39, 0.29) is 0 Å². The van der Waals surface area contributed by atoms with E-state index in [0.717, 1.165) is 50.4 Å². The van der Waals surface area contributed by atoms with Gasteiger partial charge in [0, 0.05) is 20.9 Å². The Hall–Kier alpha value is -5.42. The molecule has 0 radical (unpaired) electrons. The number of rotatable bonds is 30. The minimum absolute atomic E-state index is 0.584. The third kappa shape index (κ3) is 11.7. The molecule has 0 amide bonds. The van der Waals surface area contributed by atoms with Gasteiger partial charge in [0.2, 0.25) is 0 Å². The molecule has 10 rings (SSSR count). The molecule has 0 spiro atoms. The van der Waals surface area contributed by atoms with Crippen LogP contribution < -0.4 is 9.47 Å². The molecule has 2 aromatic heterocycles. The van der Waals surface area contributed by atoms with E-state index in [1.807, 2.05) is 22.7 Å². The maximum atomic E-state index is 6.54. The van der Waals surface area contributed by atoms with E-state index in [0.29, 0.717) is 23.7 Å². The summed E-state index contributed by atoms with van der Waals surface area (Å²) in [5.41, 5.74) is 10.7. The molecule has 10 aromatic rings. The smallest absolute Gasteiger partial charge is 0.119 e. The summed E-state index contributed by atoms with van der Waals surface area (Å²) in [6.45, 7) is 20.2. The number of ether oxygens (including phenoxy) is 2. The molecule has 2 heterocycles. The van der Waals surface area contributed by atoms with Crippen LogP contribution in [0.1, 0.15) is 169 Å². The third-order valence-electron chi connectivity index (χ3n) is 18.0. The molecule has 0 N–H and O–H groups in total. The average Bonchev–Trinajstić information content (AvgIpc) is 3.57. The first kappa shape index (κ1) is 55.9. The van der Waals surface area contributed by atoms with Crippen molar-refractivity contribution in [1.29, 1.82) is 0 Å². The number of hydrogen-bond acceptors (Lipinski definition) is 4. The van der Waals surface area contributed by atoms with Gasteiger partial charge in [0.15, 0.2) is 0 Å². The van der Waals surface area contributed by atoms with Crippen molar-refractivity contribution in [3.05, 3.63) is 131 Å². The van der Waals surface area contributed by atoms with Crippen LogP contribution in [0.2, 0.25) is 0 Å². The lowest BCUT2D eigenvalue weighted by Crippen LogP contribution is -2.11. The Bertz CT molecular complexity index is 3250. The summed E-state index contributed by atoms with van der Waals surface area (Å²) in [6.07, 6.45) is 22.1. The van der Waals surface area contributed by atoms with Crippen LogP contribution in [0.4, 0.5) is 0 Å². The average molecular weight is 1070 g/mol. The summed E-state index contributed by atoms with van der Waals surface area (Å²) in [5, 5.41) is 18.6. The molecule has 0 aliphatic heterocycles. The van der Waals surface area contributed by atoms with Crippen LogP contribution in [0.3, 0.4) is 0 Å². The lowest BCUT2D eigenvalue weighted by molar-refractivity contribution is 0.233. The highest BCUT2D eigenvalue weighted by Crippen LogP contribution is 2.56. The van der Waals surface area contributed by atoms with Gasteiger partial charge in [-0.25, -0.2) is 0 Å². The molecule has 0 saturated heterocycles. The van der Waals surface area contributed by atoms with Crippen molar-refractivity contribution in [2.24, 2.45) is 23.7 Å². The second-order valence-electron chi connectivity index (χ2n) is 23.3. The van der Waals surface area contributed by atoms with Crippen molar-refractivity contribution in [3.8, 4) is 54.6 Å². The molecule has 8 aromatic carbocycles. The molecule has 0 aliphatic rings. The molecule has 0 fully saturated rings. The molecule has 4 heteroatoms. The highest BCUT2D eigenvalue weighted by atomic mass is 32.1. The first-order valence-electron chi connectivity index (χ1n) is 30.9. The summed E-state index contributed by atoms with van der Waals surface area (Å²) in [7, 11) is 0. The highest BCUT2D eigenvalue weighted by molar-refractivity contribution is 7.14. The minimum Gasteiger partial charge on any atom is -0.493 e. The van der Waals surface area contributed by atoms with Crippen LogP contribution in [0.25, 0.3) is 97.0 Å². The molecule has 0 bridgehead atoms. The molecule has 2 nitrogen and oxygen atoms in total. The van der Waals surface area contributed by atoms with Crippen molar-refractivity contribution >= 4 is 76.5 Å². The van der Waals surface area contributed by atoms with Gasteiger partial charge in [-0.3, -0.25) is 0 Å². The molecule has 78 heavy (non-hydrogen) atoms. The van der Waals surface area contributed by atoms with Crippen LogP contribution >= 0.6 is 22.7 Å². The molecule has 4 unspecified atom stereocenters. The fourth-order valence-electron chi connectivity index (χ4n) is 13.0. The van der Waals surface area contributed by atoms with Gasteiger partial charge in [-0.05, 0) is 196 Å². The Morgan fingerprint density at radius 1 is 0.372 bits per heavy atom. The predicted molar refractivity (Wildman–Crippen MR) is 345 cm³/mol. The van der Waals surface area contributed by atoms with Gasteiger partial charge in [0.1, 0.15) is 11.5 Å². The topological polar surface area (TPSA) is 18.5 Å². The van der Waals surface area contributed by atoms with Gasteiger partial charge in [-0.15, -0.1) is 22.7 Å². The van der Waals surface area contributed by atoms with Gasteiger partial charge in [0.25, 0.3) is 0 Å². The normalized spacial score (nSPS) is 13.7. The number of benzene rings is 8. The van der Waals surface area contributed by atoms with E-state index in [4.69, 9.17) is 9.47 Å². The summed E-state index contributed by atoms with van der Waals surface area (Å²) < 4.78 is 13.1. The van der Waals surface area contributed by atoms with Crippen LogP contribution in [-0.2, 0) is 12.8 Å². The molecule has 4 atom stereocenters. The molecular formula is C74H88O2S2. The Kier molecular flexibility index (Phi) is 18.8. The van der Waals surface area contributed by atoms with Crippen LogP contribution in [-0.4, -0.2) is 13.2 Å². The maximum Gasteiger partial charge on any atom is 0.119 e. The Morgan fingerprint density at radius 3 is 1.09 bits per heavy atom. The fraction of sp³-hybridized carbons (Fsp3) is 0.432. The lowest BCUT2D eigenvalue weighted by atomic mass is 9.78. The summed E-state index contributed by atoms with van der Waals surface area (Å²) >= 11 is 3.90. The first-order valence-corrected chi connectivity index (χ1v) is 32.7. The SMILES string of the molecule is CCCCC(CC)COc1ccc(-c2cc3c(-c4cc(CC(CC)CCCC)cs4)c4cccc5c(-c6ccc(OCC(CC)CCCC)cc6)cc6c(-c7cc(CC(CC)CCCC)cs7)c7cccc2c7c3c6c54)cc1. The van der Waals surface area contributed by atoms with Crippen LogP contribution in [0, 0.1) is 23.7 Å². The molecule has 0 saturated carbocycles. The van der Waals surface area contributed by atoms with Crippen molar-refractivity contribution in [1.82, 2.24) is 0 Å². The van der Waals surface area contributed by atoms with E-state index in [2.05, 4.69) is 175 Å². The minimum atomic E-state index is 0.584. The van der Waals surface area contributed by atoms with Gasteiger partial charge >= 0.3 is 0 Å². The third-order valence-corrected chi connectivity index (χ3v) is 20.0. The molecule has 408 valence electrons. The van der Waals surface area contributed by atoms with Gasteiger partial charge in [-0.1, -0.05) is 206 Å². The zero-order valence-electron chi connectivity index (χ0n) is 48.6. The van der Waals surface area contributed by atoms with Crippen molar-refractivity contribution in [3.63, 3.8) is 0 Å². The summed E-state index contributed by atoms with van der Waals surface area (Å²) in [6, 6.07) is 42.9. The van der Waals surface area contributed by atoms with Gasteiger partial charge < -0.3 is 9.47 Å². The van der Waals surface area contributed by atoms with Gasteiger partial charge in [0.05, 0.1) is 13.2 Å². The number of unbranched alkanes of at least 4 members (excludes halogenated alkanes) is 4. The maximum absolute atomic E-state index is 6.54. The summed E-state index contributed by atoms with van der Waals surface area (Å²) in [5.74, 6) is 4.49. The van der Waals surface area contributed by atoms with E-state index in [1.54, 1.807) is 0 Å². The number of hydrogen-bond donors (Lipinski definition) is 0. The summed E-state index contributed by atoms with van der Waals surface area (Å²) in [4.78, 5) is 2.74. The lowest BCUT2D eigenvalue weighted by Gasteiger charge is -2.25. The first-order chi connectivity index (χ1) is 38.3. The Morgan fingerprint density at radius 2 is 0.731 bits per heavy atom. The molecule has 0 aliphatic carbocycles. The Balaban J connectivity index is 1.22. The van der Waals surface area contributed by atoms with Crippen molar-refractivity contribution in [2.75, 3.05) is 13.2 Å². The van der Waals surface area contributed by atoms with Crippen molar-refractivity contribution < 1.29 is 9.47 Å². The second kappa shape index (κ2) is 26.2. The van der Waals surface area contributed by atoms with E-state index >= 15 is 0 Å². The largest absolute Gasteiger partial charge is 0.493 e. The fourth-order valence-corrected chi connectivity index (χ4v) is 15.0. The predicted octanol–water partition coefficient (Wildman–Crippen LogP) is 23.8. The number of thiophene rings is 2. The zero-order valence-corrected chi connectivity index (χ0v) is 50.3. The Labute approximate surface area is 476 Å². The monoisotopic (exact) mass is 1070 g/mol. The standard InChI is InChI=1S/C74H88O2S2/c1-9-17-23-49(13-5)39-53-41-67(77-47-53)69-61-29-21-27-59-64(56-33-37-58(38-34-56)76-46-52(16-8)26-20-12-4)44-66-70(68-42-54(48-78-68)40-50(14-6)24-18-10-2)62-30-22-28-60-63(43-65(69)73(72(60)62)74(66)71(59)61)55-31-35-57(36-32-55)75-45-51(15-7)25-19-11-3/h21-22,27-38,41-44,47-52H,9-20,23-26,39-40,45-46H2,1-8H3. The van der Waals surface area contributed by atoms with E-state index in [1.165, 1.54) is 198 Å². The van der Waals surface area contributed by atoms with Gasteiger partial charge in [-0.2, -0.15) is 0 Å². The van der Waals surface area contributed by atoms with Crippen LogP contribution in [0.15, 0.2) is 120 Å². The van der Waals surface area contributed by atoms with E-state index in [9.17, 15) is 0 Å². The quantitative estimate of drug-likeness (QED) is 0.0330. The second-order valence-corrected chi connectivity index (χ2v) is 25.1. The highest BCUT2D eigenvalue weighted by Gasteiger charge is 2.28. The zero-order chi connectivity index (χ0) is 54.1. The molecular weight excluding hydrogens is 985 g/mol. The van der Waals surface area contributed by atoms with Crippen LogP contribution in [0.5, 0.6) is 11.5 Å².